The molecule has 264 valence electrons. The number of unbranched alkanes of at least 4 members (excludes halogenated alkanes) is 8. The van der Waals surface area contributed by atoms with E-state index >= 15 is 0 Å². The lowest BCUT2D eigenvalue weighted by atomic mass is 9.84. The third kappa shape index (κ3) is 12.9. The van der Waals surface area contributed by atoms with Crippen molar-refractivity contribution in [1.29, 1.82) is 0 Å². The Morgan fingerprint density at radius 2 is 1.48 bits per heavy atom. The summed E-state index contributed by atoms with van der Waals surface area (Å²) in [7, 11) is 0. The van der Waals surface area contributed by atoms with E-state index in [-0.39, 0.29) is 30.8 Å². The number of ketones is 1. The molecule has 0 radical (unpaired) electrons. The number of fused-ring (bicyclic) bond motifs is 1. The summed E-state index contributed by atoms with van der Waals surface area (Å²) >= 11 is 0. The molecule has 1 unspecified atom stereocenters. The smallest absolute Gasteiger partial charge is 0.311 e. The molecule has 1 aliphatic rings. The highest BCUT2D eigenvalue weighted by Gasteiger charge is 2.35. The molecule has 0 spiro atoms. The zero-order valence-electron chi connectivity index (χ0n) is 31.3. The van der Waals surface area contributed by atoms with Crippen molar-refractivity contribution >= 4 is 11.8 Å². The van der Waals surface area contributed by atoms with Gasteiger partial charge >= 0.3 is 5.97 Å². The summed E-state index contributed by atoms with van der Waals surface area (Å²) in [5, 5.41) is 9.97. The Morgan fingerprint density at radius 1 is 0.891 bits per heavy atom. The minimum atomic E-state index is -0.990. The fraction of sp³-hybridized carbons (Fsp3) is 0.800. The van der Waals surface area contributed by atoms with E-state index in [1.807, 2.05) is 20.8 Å². The molecule has 46 heavy (non-hydrogen) atoms. The molecule has 1 aliphatic heterocycles. The predicted molar refractivity (Wildman–Crippen MR) is 189 cm³/mol. The number of esters is 1. The Morgan fingerprint density at radius 3 is 2.04 bits per heavy atom. The van der Waals surface area contributed by atoms with E-state index < -0.39 is 17.2 Å². The van der Waals surface area contributed by atoms with Gasteiger partial charge in [0.15, 0.2) is 5.78 Å². The molecule has 0 amide bonds. The maximum Gasteiger partial charge on any atom is 0.311 e. The average molecular weight is 645 g/mol. The van der Waals surface area contributed by atoms with Gasteiger partial charge in [-0.25, -0.2) is 0 Å². The first-order valence-electron chi connectivity index (χ1n) is 18.4. The van der Waals surface area contributed by atoms with Crippen molar-refractivity contribution in [2.45, 2.75) is 195 Å². The van der Waals surface area contributed by atoms with Crippen LogP contribution < -0.4 is 9.47 Å². The van der Waals surface area contributed by atoms with Crippen molar-refractivity contribution in [3.8, 4) is 11.5 Å². The van der Waals surface area contributed by atoms with Gasteiger partial charge in [-0.05, 0) is 110 Å². The van der Waals surface area contributed by atoms with Gasteiger partial charge in [0.25, 0.3) is 0 Å². The van der Waals surface area contributed by atoms with Crippen molar-refractivity contribution < 1.29 is 28.9 Å². The topological polar surface area (TPSA) is 82.1 Å². The molecule has 6 heteroatoms. The first-order valence-corrected chi connectivity index (χ1v) is 18.4. The van der Waals surface area contributed by atoms with E-state index in [9.17, 15) is 14.7 Å². The number of benzene rings is 1. The summed E-state index contributed by atoms with van der Waals surface area (Å²) in [6.07, 6.45) is 17.2. The highest BCUT2D eigenvalue weighted by molar-refractivity contribution is 5.90. The van der Waals surface area contributed by atoms with Crippen molar-refractivity contribution in [1.82, 2.24) is 0 Å². The largest absolute Gasteiger partial charge is 0.487 e. The second-order valence-corrected chi connectivity index (χ2v) is 15.6. The van der Waals surface area contributed by atoms with Crippen LogP contribution in [-0.4, -0.2) is 40.3 Å². The summed E-state index contributed by atoms with van der Waals surface area (Å²) in [5.41, 5.74) is 2.00. The number of rotatable bonds is 22. The van der Waals surface area contributed by atoms with Crippen LogP contribution in [0, 0.1) is 26.7 Å². The van der Waals surface area contributed by atoms with Crippen LogP contribution >= 0.6 is 0 Å². The standard InChI is InChI=1S/C40H68O6/c1-11-40(10,44-28-27-38(7,8)43)34(41)22-23-35(42)45-36-30(4)31(5)37-33(32(36)6)24-26-39(9,46-37)25-20-18-16-14-12-13-15-17-19-21-29(2)3/h29,43H,11-28H2,1-10H3/t39-,40?/m1/s1. The second kappa shape index (κ2) is 18.6. The molecule has 0 aromatic heterocycles. The molecule has 1 heterocycles. The van der Waals surface area contributed by atoms with Crippen LogP contribution in [0.5, 0.6) is 11.5 Å². The third-order valence-corrected chi connectivity index (χ3v) is 10.2. The monoisotopic (exact) mass is 645 g/mol. The van der Waals surface area contributed by atoms with Gasteiger partial charge in [0, 0.05) is 12.0 Å². The third-order valence-electron chi connectivity index (χ3n) is 10.2. The van der Waals surface area contributed by atoms with E-state index in [4.69, 9.17) is 14.2 Å². The first kappa shape index (κ1) is 40.3. The fourth-order valence-electron chi connectivity index (χ4n) is 6.45. The van der Waals surface area contributed by atoms with Crippen LogP contribution in [0.15, 0.2) is 0 Å². The molecule has 1 aromatic rings. The molecule has 2 atom stereocenters. The first-order chi connectivity index (χ1) is 21.5. The normalized spacial score (nSPS) is 17.8. The maximum atomic E-state index is 13.0. The van der Waals surface area contributed by atoms with Crippen LogP contribution in [0.2, 0.25) is 0 Å². The van der Waals surface area contributed by atoms with Crippen LogP contribution in [0.4, 0.5) is 0 Å². The van der Waals surface area contributed by atoms with Gasteiger partial charge in [-0.3, -0.25) is 9.59 Å². The molecule has 0 fully saturated rings. The van der Waals surface area contributed by atoms with Gasteiger partial charge in [-0.2, -0.15) is 0 Å². The van der Waals surface area contributed by atoms with Crippen LogP contribution in [0.25, 0.3) is 0 Å². The van der Waals surface area contributed by atoms with E-state index in [0.29, 0.717) is 18.6 Å². The van der Waals surface area contributed by atoms with Gasteiger partial charge in [-0.1, -0.05) is 78.6 Å². The highest BCUT2D eigenvalue weighted by atomic mass is 16.5. The molecule has 6 nitrogen and oxygen atoms in total. The number of hydrogen-bond donors (Lipinski definition) is 1. The van der Waals surface area contributed by atoms with E-state index in [2.05, 4.69) is 27.7 Å². The van der Waals surface area contributed by atoms with Crippen LogP contribution in [0.1, 0.15) is 173 Å². The Hall–Kier alpha value is -1.92. The maximum absolute atomic E-state index is 13.0. The van der Waals surface area contributed by atoms with Gasteiger partial charge in [0.05, 0.1) is 18.6 Å². The summed E-state index contributed by atoms with van der Waals surface area (Å²) in [5.74, 6) is 1.84. The lowest BCUT2D eigenvalue weighted by molar-refractivity contribution is -0.147. The average Bonchev–Trinajstić information content (AvgIpc) is 2.98. The summed E-state index contributed by atoms with van der Waals surface area (Å²) in [6, 6.07) is 0. The van der Waals surface area contributed by atoms with Gasteiger partial charge in [-0.15, -0.1) is 0 Å². The van der Waals surface area contributed by atoms with Crippen LogP contribution in [0.3, 0.4) is 0 Å². The summed E-state index contributed by atoms with van der Waals surface area (Å²) in [6.45, 7) is 20.3. The molecule has 0 bridgehead atoms. The molecule has 2 rings (SSSR count). The zero-order valence-corrected chi connectivity index (χ0v) is 31.3. The quantitative estimate of drug-likeness (QED) is 0.0768. The minimum Gasteiger partial charge on any atom is -0.487 e. The molecular formula is C40H68O6. The zero-order chi connectivity index (χ0) is 34.5. The van der Waals surface area contributed by atoms with Crippen molar-refractivity contribution in [2.24, 2.45) is 5.92 Å². The molecule has 0 saturated carbocycles. The predicted octanol–water partition coefficient (Wildman–Crippen LogP) is 10.2. The molecular weight excluding hydrogens is 576 g/mol. The minimum absolute atomic E-state index is 0.00877. The number of hydrogen-bond acceptors (Lipinski definition) is 6. The van der Waals surface area contributed by atoms with E-state index in [1.54, 1.807) is 20.8 Å². The van der Waals surface area contributed by atoms with Crippen molar-refractivity contribution in [2.75, 3.05) is 6.61 Å². The summed E-state index contributed by atoms with van der Waals surface area (Å²) in [4.78, 5) is 26.0. The lowest BCUT2D eigenvalue weighted by Crippen LogP contribution is -2.39. The number of carbonyl (C=O) groups excluding carboxylic acids is 2. The van der Waals surface area contributed by atoms with E-state index in [0.717, 1.165) is 53.2 Å². The number of carbonyl (C=O) groups is 2. The Kier molecular flexibility index (Phi) is 16.3. The second-order valence-electron chi connectivity index (χ2n) is 15.6. The van der Waals surface area contributed by atoms with Gasteiger partial charge in [0.1, 0.15) is 22.7 Å². The SMILES string of the molecule is CCC(C)(OCCC(C)(C)O)C(=O)CCC(=O)Oc1c(C)c(C)c2c(c1C)CC[C@@](C)(CCCCCCCCCCCC(C)C)O2. The van der Waals surface area contributed by atoms with E-state index in [1.165, 1.54) is 64.2 Å². The lowest BCUT2D eigenvalue weighted by Gasteiger charge is -2.38. The number of Topliss-reactive ketones (excluding diaryl/α,β-unsaturated/α-hetero) is 1. The Bertz CT molecular complexity index is 1120. The Balaban J connectivity index is 1.87. The van der Waals surface area contributed by atoms with Crippen molar-refractivity contribution in [3.05, 3.63) is 22.3 Å². The van der Waals surface area contributed by atoms with Crippen molar-refractivity contribution in [3.63, 3.8) is 0 Å². The molecule has 1 aromatic carbocycles. The molecule has 0 saturated heterocycles. The molecule has 0 aliphatic carbocycles. The highest BCUT2D eigenvalue weighted by Crippen LogP contribution is 2.45. The molecule has 1 N–H and O–H groups in total. The Labute approximate surface area is 281 Å². The number of ether oxygens (including phenoxy) is 3. The van der Waals surface area contributed by atoms with Crippen LogP contribution in [-0.2, 0) is 20.7 Å². The fourth-order valence-corrected chi connectivity index (χ4v) is 6.45. The van der Waals surface area contributed by atoms with Gasteiger partial charge in [0.2, 0.25) is 0 Å². The number of aliphatic hydroxyl groups is 1. The summed E-state index contributed by atoms with van der Waals surface area (Å²) < 4.78 is 18.6. The van der Waals surface area contributed by atoms with Gasteiger partial charge < -0.3 is 19.3 Å².